The number of nitrogens with zero attached hydrogens (tertiary/aromatic N) is 2. The molecule has 8 nitrogen and oxygen atoms in total. The quantitative estimate of drug-likeness (QED) is 0.712. The molecule has 1 aliphatic rings. The van der Waals surface area contributed by atoms with Crippen molar-refractivity contribution in [3.05, 3.63) is 46.1 Å². The van der Waals surface area contributed by atoms with Gasteiger partial charge in [-0.25, -0.2) is 4.79 Å². The molecule has 3 N–H and O–H groups in total. The number of piperazine rings is 1. The van der Waals surface area contributed by atoms with Crippen LogP contribution in [0.1, 0.15) is 16.2 Å². The Morgan fingerprint density at radius 1 is 1.19 bits per heavy atom. The molecule has 0 spiro atoms. The summed E-state index contributed by atoms with van der Waals surface area (Å²) in [5, 5.41) is 2.54. The van der Waals surface area contributed by atoms with E-state index in [4.69, 9.17) is 4.74 Å². The zero-order valence-corrected chi connectivity index (χ0v) is 15.7. The fourth-order valence-electron chi connectivity index (χ4n) is 3.12. The standard InChI is InChI=1S/C17H23N5O3.ClH/c1-18-16(23)15-12(19-17(24)20-15)11-21-7-9-22(10-8-21)13-5-3-4-6-14(13)25-2;/h3-6H,7-11H2,1-2H3,(H,18,23)(H2,19,20,24);1H. The Balaban J connectivity index is 0.00000243. The zero-order chi connectivity index (χ0) is 17.8. The van der Waals surface area contributed by atoms with Crippen molar-refractivity contribution in [3.63, 3.8) is 0 Å². The Kier molecular flexibility index (Phi) is 6.70. The molecule has 2 aromatic rings. The number of carbonyl (C=O) groups is 1. The number of benzene rings is 1. The van der Waals surface area contributed by atoms with Crippen LogP contribution < -0.4 is 20.6 Å². The van der Waals surface area contributed by atoms with Crippen LogP contribution in [0.4, 0.5) is 5.69 Å². The molecule has 1 amide bonds. The lowest BCUT2D eigenvalue weighted by Gasteiger charge is -2.36. The summed E-state index contributed by atoms with van der Waals surface area (Å²) in [6, 6.07) is 7.98. The largest absolute Gasteiger partial charge is 0.495 e. The summed E-state index contributed by atoms with van der Waals surface area (Å²) in [5.41, 5.74) is 1.65. The number of aromatic nitrogens is 2. The summed E-state index contributed by atoms with van der Waals surface area (Å²) in [6.07, 6.45) is 0. The molecule has 0 saturated carbocycles. The van der Waals surface area contributed by atoms with Crippen molar-refractivity contribution in [1.82, 2.24) is 20.2 Å². The minimum Gasteiger partial charge on any atom is -0.495 e. The van der Waals surface area contributed by atoms with Crippen molar-refractivity contribution in [2.45, 2.75) is 6.54 Å². The molecule has 1 aromatic carbocycles. The first-order valence-corrected chi connectivity index (χ1v) is 8.26. The van der Waals surface area contributed by atoms with Crippen molar-refractivity contribution >= 4 is 24.0 Å². The van der Waals surface area contributed by atoms with E-state index >= 15 is 0 Å². The highest BCUT2D eigenvalue weighted by atomic mass is 35.5. The van der Waals surface area contributed by atoms with Gasteiger partial charge in [-0.2, -0.15) is 0 Å². The van der Waals surface area contributed by atoms with Gasteiger partial charge < -0.3 is 24.9 Å². The van der Waals surface area contributed by atoms with Crippen molar-refractivity contribution in [2.75, 3.05) is 45.2 Å². The molecule has 1 saturated heterocycles. The molecule has 1 fully saturated rings. The van der Waals surface area contributed by atoms with Crippen molar-refractivity contribution in [3.8, 4) is 5.75 Å². The second-order valence-corrected chi connectivity index (χ2v) is 5.95. The highest BCUT2D eigenvalue weighted by Gasteiger charge is 2.22. The van der Waals surface area contributed by atoms with E-state index in [9.17, 15) is 9.59 Å². The number of imidazole rings is 1. The number of hydrogen-bond donors (Lipinski definition) is 3. The van der Waals surface area contributed by atoms with E-state index in [1.807, 2.05) is 18.2 Å². The van der Waals surface area contributed by atoms with Gasteiger partial charge in [0, 0.05) is 39.8 Å². The van der Waals surface area contributed by atoms with E-state index in [1.54, 1.807) is 14.2 Å². The number of anilines is 1. The summed E-state index contributed by atoms with van der Waals surface area (Å²) in [4.78, 5) is 33.2. The van der Waals surface area contributed by atoms with E-state index in [-0.39, 0.29) is 24.0 Å². The van der Waals surface area contributed by atoms with Crippen LogP contribution in [-0.2, 0) is 6.54 Å². The van der Waals surface area contributed by atoms with Crippen LogP contribution >= 0.6 is 12.4 Å². The van der Waals surface area contributed by atoms with Gasteiger partial charge in [-0.15, -0.1) is 12.4 Å². The monoisotopic (exact) mass is 381 g/mol. The maximum absolute atomic E-state index is 11.9. The van der Waals surface area contributed by atoms with Gasteiger partial charge in [0.15, 0.2) is 0 Å². The maximum atomic E-state index is 11.9. The van der Waals surface area contributed by atoms with Gasteiger partial charge in [-0.1, -0.05) is 12.1 Å². The van der Waals surface area contributed by atoms with E-state index < -0.39 is 0 Å². The number of hydrogen-bond acceptors (Lipinski definition) is 5. The zero-order valence-electron chi connectivity index (χ0n) is 14.9. The molecule has 1 aliphatic heterocycles. The number of H-pyrrole nitrogens is 2. The van der Waals surface area contributed by atoms with Gasteiger partial charge in [0.1, 0.15) is 11.4 Å². The third-order valence-corrected chi connectivity index (χ3v) is 4.44. The van der Waals surface area contributed by atoms with E-state index in [2.05, 4.69) is 31.2 Å². The Morgan fingerprint density at radius 3 is 2.54 bits per heavy atom. The summed E-state index contributed by atoms with van der Waals surface area (Å²) < 4.78 is 5.43. The molecule has 0 unspecified atom stereocenters. The van der Waals surface area contributed by atoms with Crippen LogP contribution in [0.25, 0.3) is 0 Å². The average molecular weight is 382 g/mol. The number of amides is 1. The number of para-hydroxylation sites is 2. The van der Waals surface area contributed by atoms with Gasteiger partial charge in [0.25, 0.3) is 5.91 Å². The van der Waals surface area contributed by atoms with Crippen molar-refractivity contribution in [1.29, 1.82) is 0 Å². The van der Waals surface area contributed by atoms with Crippen LogP contribution in [0, 0.1) is 0 Å². The minimum absolute atomic E-state index is 0. The molecule has 0 radical (unpaired) electrons. The predicted molar refractivity (Wildman–Crippen MR) is 103 cm³/mol. The Morgan fingerprint density at radius 2 is 1.88 bits per heavy atom. The average Bonchev–Trinajstić information content (AvgIpc) is 3.02. The second-order valence-electron chi connectivity index (χ2n) is 5.95. The fraction of sp³-hybridized carbons (Fsp3) is 0.412. The molecule has 0 atom stereocenters. The molecule has 2 heterocycles. The van der Waals surface area contributed by atoms with Crippen molar-refractivity contribution in [2.24, 2.45) is 0 Å². The summed E-state index contributed by atoms with van der Waals surface area (Å²) in [7, 11) is 3.22. The Labute approximate surface area is 157 Å². The molecular weight excluding hydrogens is 358 g/mol. The number of halogens is 1. The van der Waals surface area contributed by atoms with Gasteiger partial charge in [-0.3, -0.25) is 9.69 Å². The number of rotatable bonds is 5. The summed E-state index contributed by atoms with van der Waals surface area (Å²) in [6.45, 7) is 3.90. The first kappa shape index (κ1) is 19.9. The minimum atomic E-state index is -0.360. The highest BCUT2D eigenvalue weighted by Crippen LogP contribution is 2.28. The van der Waals surface area contributed by atoms with Crippen LogP contribution in [-0.4, -0.2) is 61.1 Å². The van der Waals surface area contributed by atoms with Gasteiger partial charge >= 0.3 is 5.69 Å². The van der Waals surface area contributed by atoms with Crippen LogP contribution in [0.5, 0.6) is 5.75 Å². The second kappa shape index (κ2) is 8.77. The topological polar surface area (TPSA) is 93.5 Å². The molecule has 26 heavy (non-hydrogen) atoms. The molecule has 0 aliphatic carbocycles. The molecule has 0 bridgehead atoms. The highest BCUT2D eigenvalue weighted by molar-refractivity contribution is 5.93. The Hall–Kier alpha value is -2.45. The smallest absolute Gasteiger partial charge is 0.323 e. The summed E-state index contributed by atoms with van der Waals surface area (Å²) >= 11 is 0. The molecule has 3 rings (SSSR count). The van der Waals surface area contributed by atoms with Crippen LogP contribution in [0.2, 0.25) is 0 Å². The Bertz CT molecular complexity index is 796. The predicted octanol–water partition coefficient (Wildman–Crippen LogP) is 0.815. The van der Waals surface area contributed by atoms with Crippen LogP contribution in [0.3, 0.4) is 0 Å². The maximum Gasteiger partial charge on any atom is 0.323 e. The first-order chi connectivity index (χ1) is 12.1. The number of ether oxygens (including phenoxy) is 1. The lowest BCUT2D eigenvalue weighted by Crippen LogP contribution is -2.46. The number of methoxy groups -OCH3 is 1. The normalized spacial score (nSPS) is 14.6. The molecule has 142 valence electrons. The first-order valence-electron chi connectivity index (χ1n) is 8.26. The molecule has 1 aromatic heterocycles. The van der Waals surface area contributed by atoms with Gasteiger partial charge in [-0.05, 0) is 12.1 Å². The van der Waals surface area contributed by atoms with Gasteiger partial charge in [0.05, 0.1) is 18.5 Å². The van der Waals surface area contributed by atoms with E-state index in [0.717, 1.165) is 37.6 Å². The lowest BCUT2D eigenvalue weighted by atomic mass is 10.2. The SMILES string of the molecule is CNC(=O)c1[nH]c(=O)[nH]c1CN1CCN(c2ccccc2OC)CC1.Cl. The van der Waals surface area contributed by atoms with E-state index in [1.165, 1.54) is 0 Å². The number of carbonyl (C=O) groups excluding carboxylic acids is 1. The van der Waals surface area contributed by atoms with E-state index in [0.29, 0.717) is 17.9 Å². The van der Waals surface area contributed by atoms with Crippen molar-refractivity contribution < 1.29 is 9.53 Å². The lowest BCUT2D eigenvalue weighted by molar-refractivity contribution is 0.0956. The van der Waals surface area contributed by atoms with Gasteiger partial charge in [0.2, 0.25) is 0 Å². The fourth-order valence-corrected chi connectivity index (χ4v) is 3.12. The molecular formula is C17H24ClN5O3. The summed E-state index contributed by atoms with van der Waals surface area (Å²) in [5.74, 6) is 0.578. The number of aromatic amines is 2. The number of nitrogens with one attached hydrogen (secondary N) is 3. The third kappa shape index (κ3) is 4.20. The van der Waals surface area contributed by atoms with Crippen LogP contribution in [0.15, 0.2) is 29.1 Å². The third-order valence-electron chi connectivity index (χ3n) is 4.44. The molecule has 9 heteroatoms.